The fraction of sp³-hybridized carbons (Fsp3) is 0.185. The molecule has 1 saturated heterocycles. The first-order chi connectivity index (χ1) is 19.5. The number of hydrogen-bond donors (Lipinski definition) is 2. The Morgan fingerprint density at radius 1 is 0.976 bits per heavy atom. The van der Waals surface area contributed by atoms with Gasteiger partial charge in [0.05, 0.1) is 22.2 Å². The number of carbonyl (C=O) groups is 3. The molecule has 2 aromatic carbocycles. The molecule has 14 heteroatoms. The highest BCUT2D eigenvalue weighted by molar-refractivity contribution is 8.00. The molecule has 1 fully saturated rings. The number of thioether (sulfide) groups is 1. The summed E-state index contributed by atoms with van der Waals surface area (Å²) in [5, 5.41) is 13.1. The molecule has 3 atom stereocenters. The zero-order valence-corrected chi connectivity index (χ0v) is 23.1. The molecule has 0 saturated carbocycles. The van der Waals surface area contributed by atoms with Gasteiger partial charge in [0.1, 0.15) is 17.5 Å². The normalized spacial score (nSPS) is 20.2. The van der Waals surface area contributed by atoms with Gasteiger partial charge in [-0.25, -0.2) is 4.90 Å². The zero-order chi connectivity index (χ0) is 29.1. The number of halogens is 3. The van der Waals surface area contributed by atoms with Gasteiger partial charge in [-0.2, -0.15) is 13.2 Å². The summed E-state index contributed by atoms with van der Waals surface area (Å²) in [6, 6.07) is 13.7. The van der Waals surface area contributed by atoms with E-state index in [0.29, 0.717) is 25.4 Å². The minimum atomic E-state index is -4.80. The number of rotatable bonds is 5. The first-order valence-electron chi connectivity index (χ1n) is 12.1. The highest BCUT2D eigenvalue weighted by atomic mass is 32.2. The summed E-state index contributed by atoms with van der Waals surface area (Å²) in [6.07, 6.45) is -4.80. The highest BCUT2D eigenvalue weighted by Gasteiger charge is 2.58. The number of fused-ring (bicyclic) bond motifs is 2. The molecule has 3 amide bonds. The van der Waals surface area contributed by atoms with E-state index in [2.05, 4.69) is 5.32 Å². The van der Waals surface area contributed by atoms with Crippen molar-refractivity contribution in [3.05, 3.63) is 91.0 Å². The first kappa shape index (κ1) is 27.3. The fourth-order valence-corrected chi connectivity index (χ4v) is 8.79. The van der Waals surface area contributed by atoms with E-state index in [1.54, 1.807) is 17.5 Å². The summed E-state index contributed by atoms with van der Waals surface area (Å²) >= 11 is 3.08. The Morgan fingerprint density at radius 2 is 1.71 bits per heavy atom. The number of thiazole rings is 1. The monoisotopic (exact) mass is 617 g/mol. The number of phenols is 1. The van der Waals surface area contributed by atoms with E-state index in [0.717, 1.165) is 35.2 Å². The van der Waals surface area contributed by atoms with E-state index < -0.39 is 63.7 Å². The van der Waals surface area contributed by atoms with Gasteiger partial charge in [-0.15, -0.1) is 11.3 Å². The molecular weight excluding hydrogens is 600 g/mol. The Bertz CT molecular complexity index is 1730. The van der Waals surface area contributed by atoms with Crippen LogP contribution in [-0.2, 0) is 27.1 Å². The van der Waals surface area contributed by atoms with Gasteiger partial charge in [-0.05, 0) is 47.8 Å². The summed E-state index contributed by atoms with van der Waals surface area (Å²) < 4.78 is 42.8. The standard InChI is InChI=1S/C27H18F3N3O5S3/c28-27(29,30)15-4-1-2-5-16(15)33-23(36)20-19(17-6-3-11-39-17)22-25(40-21(20)24(33)37)32(26(38)41-22)12-18(35)31-13-7-9-14(34)10-8-13/h1-11,19-21,34H,12H2,(H,31,35)/t19-,20?,21?/m1/s1. The lowest BCUT2D eigenvalue weighted by Gasteiger charge is -2.29. The van der Waals surface area contributed by atoms with Gasteiger partial charge >= 0.3 is 11.0 Å². The van der Waals surface area contributed by atoms with Crippen molar-refractivity contribution in [3.63, 3.8) is 0 Å². The maximum Gasteiger partial charge on any atom is 0.418 e. The van der Waals surface area contributed by atoms with E-state index >= 15 is 0 Å². The lowest BCUT2D eigenvalue weighted by atomic mass is 9.87. The number of alkyl halides is 3. The van der Waals surface area contributed by atoms with Crippen molar-refractivity contribution in [2.45, 2.75) is 28.9 Å². The molecule has 4 heterocycles. The van der Waals surface area contributed by atoms with Crippen molar-refractivity contribution < 1.29 is 32.7 Å². The second-order valence-corrected chi connectivity index (χ2v) is 12.4. The van der Waals surface area contributed by atoms with Gasteiger partial charge in [0.15, 0.2) is 0 Å². The maximum atomic E-state index is 13.8. The van der Waals surface area contributed by atoms with E-state index in [1.165, 1.54) is 52.3 Å². The SMILES string of the molecule is O=C(Cn1c2c(sc1=O)[C@H](c1cccs1)C1C(=O)N(c3ccccc3C(F)(F)F)C(=O)C1S2)Nc1ccc(O)cc1. The average Bonchev–Trinajstić information content (AvgIpc) is 3.62. The number of hydrogen-bond acceptors (Lipinski definition) is 8. The number of thiophene rings is 1. The van der Waals surface area contributed by atoms with Gasteiger partial charge in [-0.1, -0.05) is 41.3 Å². The molecular formula is C27H18F3N3O5S3. The number of amides is 3. The van der Waals surface area contributed by atoms with Crippen LogP contribution in [0.2, 0.25) is 0 Å². The van der Waals surface area contributed by atoms with Gasteiger partial charge in [0.2, 0.25) is 17.7 Å². The van der Waals surface area contributed by atoms with Crippen LogP contribution in [0, 0.1) is 5.92 Å². The summed E-state index contributed by atoms with van der Waals surface area (Å²) in [4.78, 5) is 54.8. The average molecular weight is 618 g/mol. The number of aromatic nitrogens is 1. The van der Waals surface area contributed by atoms with Crippen LogP contribution in [0.5, 0.6) is 5.75 Å². The second kappa shape index (κ2) is 10.2. The Kier molecular flexibility index (Phi) is 6.78. The topological polar surface area (TPSA) is 109 Å². The molecule has 6 rings (SSSR count). The van der Waals surface area contributed by atoms with E-state index in [1.807, 2.05) is 0 Å². The van der Waals surface area contributed by atoms with Crippen LogP contribution >= 0.6 is 34.4 Å². The van der Waals surface area contributed by atoms with Crippen molar-refractivity contribution >= 4 is 63.5 Å². The molecule has 8 nitrogen and oxygen atoms in total. The quantitative estimate of drug-likeness (QED) is 0.238. The number of nitrogens with one attached hydrogen (secondary N) is 1. The summed E-state index contributed by atoms with van der Waals surface area (Å²) in [6.45, 7) is -0.393. The number of imide groups is 1. The lowest BCUT2D eigenvalue weighted by Crippen LogP contribution is -2.33. The van der Waals surface area contributed by atoms with E-state index in [9.17, 15) is 37.5 Å². The number of aromatic hydroxyl groups is 1. The van der Waals surface area contributed by atoms with Crippen LogP contribution in [0.3, 0.4) is 0 Å². The smallest absolute Gasteiger partial charge is 0.418 e. The van der Waals surface area contributed by atoms with Gasteiger partial charge in [0, 0.05) is 21.4 Å². The number of carbonyl (C=O) groups excluding carboxylic acids is 3. The Hall–Kier alpha value is -3.88. The second-order valence-electron chi connectivity index (χ2n) is 9.30. The lowest BCUT2D eigenvalue weighted by molar-refractivity contribution is -0.137. The van der Waals surface area contributed by atoms with Crippen molar-refractivity contribution in [3.8, 4) is 5.75 Å². The van der Waals surface area contributed by atoms with Crippen molar-refractivity contribution in [2.24, 2.45) is 5.92 Å². The molecule has 0 spiro atoms. The third kappa shape index (κ3) is 4.75. The fourth-order valence-electron chi connectivity index (χ4n) is 5.06. The first-order valence-corrected chi connectivity index (χ1v) is 14.7. The molecule has 2 aliphatic heterocycles. The minimum Gasteiger partial charge on any atom is -0.508 e. The number of para-hydroxylation sites is 1. The Balaban J connectivity index is 1.40. The van der Waals surface area contributed by atoms with Crippen LogP contribution < -0.4 is 15.1 Å². The highest BCUT2D eigenvalue weighted by Crippen LogP contribution is 2.55. The van der Waals surface area contributed by atoms with Crippen LogP contribution in [0.4, 0.5) is 24.5 Å². The molecule has 2 unspecified atom stereocenters. The zero-order valence-electron chi connectivity index (χ0n) is 20.6. The minimum absolute atomic E-state index is 0.0133. The third-order valence-corrected chi connectivity index (χ3v) is 10.4. The van der Waals surface area contributed by atoms with E-state index in [4.69, 9.17) is 0 Å². The predicted octanol–water partition coefficient (Wildman–Crippen LogP) is 5.13. The molecule has 0 bridgehead atoms. The summed E-state index contributed by atoms with van der Waals surface area (Å²) in [5.41, 5.74) is -1.25. The van der Waals surface area contributed by atoms with Crippen LogP contribution in [-0.4, -0.2) is 32.6 Å². The molecule has 210 valence electrons. The number of benzene rings is 2. The molecule has 2 N–H and O–H groups in total. The Morgan fingerprint density at radius 3 is 2.39 bits per heavy atom. The van der Waals surface area contributed by atoms with Crippen LogP contribution in [0.15, 0.2) is 75.9 Å². The van der Waals surface area contributed by atoms with Gasteiger partial charge in [0.25, 0.3) is 0 Å². The Labute approximate surface area is 242 Å². The van der Waals surface area contributed by atoms with Gasteiger partial charge < -0.3 is 10.4 Å². The number of nitrogens with zero attached hydrogens (tertiary/aromatic N) is 2. The third-order valence-electron chi connectivity index (χ3n) is 6.80. The molecule has 0 aliphatic carbocycles. The van der Waals surface area contributed by atoms with Crippen molar-refractivity contribution in [1.29, 1.82) is 0 Å². The number of phenolic OH excluding ortho intramolecular Hbond substituents is 1. The van der Waals surface area contributed by atoms with Gasteiger partial charge in [-0.3, -0.25) is 23.7 Å². The van der Waals surface area contributed by atoms with Crippen molar-refractivity contribution in [2.75, 3.05) is 10.2 Å². The van der Waals surface area contributed by atoms with Crippen molar-refractivity contribution in [1.82, 2.24) is 4.57 Å². The summed E-state index contributed by atoms with van der Waals surface area (Å²) in [7, 11) is 0. The predicted molar refractivity (Wildman–Crippen MR) is 149 cm³/mol. The summed E-state index contributed by atoms with van der Waals surface area (Å²) in [5.74, 6) is -3.91. The molecule has 2 aromatic heterocycles. The largest absolute Gasteiger partial charge is 0.508 e. The van der Waals surface area contributed by atoms with Crippen LogP contribution in [0.1, 0.15) is 21.2 Å². The van der Waals surface area contributed by atoms with Crippen LogP contribution in [0.25, 0.3) is 0 Å². The maximum absolute atomic E-state index is 13.8. The molecule has 0 radical (unpaired) electrons. The van der Waals surface area contributed by atoms with E-state index in [-0.39, 0.29) is 5.75 Å². The number of anilines is 2. The molecule has 2 aliphatic rings. The molecule has 4 aromatic rings. The molecule has 41 heavy (non-hydrogen) atoms.